The monoisotopic (exact) mass is 266 g/mol. The van der Waals surface area contributed by atoms with Crippen LogP contribution < -0.4 is 4.90 Å². The molecule has 3 nitrogen and oxygen atoms in total. The Morgan fingerprint density at radius 2 is 2.39 bits per heavy atom. The van der Waals surface area contributed by atoms with Crippen molar-refractivity contribution in [3.05, 3.63) is 24.0 Å². The number of aliphatic hydroxyl groups excluding tert-OH is 1. The molecule has 3 rings (SSSR count). The van der Waals surface area contributed by atoms with Crippen molar-refractivity contribution in [3.8, 4) is 0 Å². The second-order valence-corrected chi connectivity index (χ2v) is 5.75. The van der Waals surface area contributed by atoms with E-state index >= 15 is 0 Å². The summed E-state index contributed by atoms with van der Waals surface area (Å²) in [6, 6.07) is 4.70. The third-order valence-electron chi connectivity index (χ3n) is 3.39. The van der Waals surface area contributed by atoms with Crippen LogP contribution in [-0.4, -0.2) is 29.8 Å². The molecular formula is C13H15FN2OS. The zero-order valence-electron chi connectivity index (χ0n) is 9.97. The number of halogens is 1. The number of aromatic nitrogens is 1. The molecular weight excluding hydrogens is 251 g/mol. The summed E-state index contributed by atoms with van der Waals surface area (Å²) < 4.78 is 14.0. The summed E-state index contributed by atoms with van der Waals surface area (Å²) in [5, 5.41) is 10.2. The molecule has 1 aliphatic heterocycles. The predicted octanol–water partition coefficient (Wildman–Crippen LogP) is 2.64. The Kier molecular flexibility index (Phi) is 3.18. The Morgan fingerprint density at radius 1 is 1.50 bits per heavy atom. The lowest BCUT2D eigenvalue weighted by atomic mass is 10.00. The van der Waals surface area contributed by atoms with Crippen molar-refractivity contribution >= 4 is 26.7 Å². The summed E-state index contributed by atoms with van der Waals surface area (Å²) >= 11 is 1.52. The molecule has 0 spiro atoms. The highest BCUT2D eigenvalue weighted by atomic mass is 32.1. The lowest BCUT2D eigenvalue weighted by Gasteiger charge is -2.31. The van der Waals surface area contributed by atoms with E-state index in [1.807, 2.05) is 0 Å². The van der Waals surface area contributed by atoms with Crippen molar-refractivity contribution in [1.82, 2.24) is 4.98 Å². The molecule has 0 amide bonds. The Labute approximate surface area is 109 Å². The van der Waals surface area contributed by atoms with Crippen LogP contribution in [0.1, 0.15) is 12.8 Å². The fourth-order valence-electron chi connectivity index (χ4n) is 2.41. The lowest BCUT2D eigenvalue weighted by molar-refractivity contribution is 0.208. The largest absolute Gasteiger partial charge is 0.396 e. The third-order valence-corrected chi connectivity index (χ3v) is 4.47. The Morgan fingerprint density at radius 3 is 3.22 bits per heavy atom. The summed E-state index contributed by atoms with van der Waals surface area (Å²) in [7, 11) is 0. The molecule has 18 heavy (non-hydrogen) atoms. The van der Waals surface area contributed by atoms with E-state index < -0.39 is 0 Å². The number of hydrogen-bond acceptors (Lipinski definition) is 4. The van der Waals surface area contributed by atoms with Crippen molar-refractivity contribution in [2.45, 2.75) is 12.8 Å². The molecule has 1 aromatic carbocycles. The van der Waals surface area contributed by atoms with Gasteiger partial charge >= 0.3 is 0 Å². The first-order valence-corrected chi connectivity index (χ1v) is 7.00. The van der Waals surface area contributed by atoms with Crippen LogP contribution in [0.3, 0.4) is 0 Å². The summed E-state index contributed by atoms with van der Waals surface area (Å²) in [6.45, 7) is 2.05. The van der Waals surface area contributed by atoms with E-state index in [-0.39, 0.29) is 12.4 Å². The maximum Gasteiger partial charge on any atom is 0.186 e. The highest BCUT2D eigenvalue weighted by Crippen LogP contribution is 2.31. The summed E-state index contributed by atoms with van der Waals surface area (Å²) in [5.74, 6) is 0.118. The topological polar surface area (TPSA) is 36.4 Å². The van der Waals surface area contributed by atoms with Crippen LogP contribution in [0.15, 0.2) is 18.2 Å². The quantitative estimate of drug-likeness (QED) is 0.908. The fourth-order valence-corrected chi connectivity index (χ4v) is 3.43. The van der Waals surface area contributed by atoms with Crippen molar-refractivity contribution in [2.75, 3.05) is 24.6 Å². The molecule has 1 aromatic heterocycles. The van der Waals surface area contributed by atoms with Gasteiger partial charge < -0.3 is 10.0 Å². The number of fused-ring (bicyclic) bond motifs is 1. The molecule has 1 fully saturated rings. The highest BCUT2D eigenvalue weighted by Gasteiger charge is 2.21. The van der Waals surface area contributed by atoms with Crippen molar-refractivity contribution < 1.29 is 9.50 Å². The first kappa shape index (κ1) is 11.9. The highest BCUT2D eigenvalue weighted by molar-refractivity contribution is 7.22. The van der Waals surface area contributed by atoms with Crippen molar-refractivity contribution in [3.63, 3.8) is 0 Å². The van der Waals surface area contributed by atoms with Crippen LogP contribution in [0.5, 0.6) is 0 Å². The van der Waals surface area contributed by atoms with Crippen molar-refractivity contribution in [1.29, 1.82) is 0 Å². The van der Waals surface area contributed by atoms with Gasteiger partial charge in [-0.25, -0.2) is 9.37 Å². The number of benzene rings is 1. The molecule has 96 valence electrons. The first-order valence-electron chi connectivity index (χ1n) is 6.18. The van der Waals surface area contributed by atoms with Crippen molar-refractivity contribution in [2.24, 2.45) is 5.92 Å². The fraction of sp³-hybridized carbons (Fsp3) is 0.462. The molecule has 1 N–H and O–H groups in total. The average molecular weight is 266 g/mol. The molecule has 2 heterocycles. The van der Waals surface area contributed by atoms with Gasteiger partial charge in [0.2, 0.25) is 0 Å². The van der Waals surface area contributed by atoms with Gasteiger partial charge in [-0.15, -0.1) is 0 Å². The molecule has 1 saturated heterocycles. The molecule has 1 unspecified atom stereocenters. The normalized spacial score (nSPS) is 20.6. The smallest absolute Gasteiger partial charge is 0.186 e. The van der Waals surface area contributed by atoms with E-state index in [0.29, 0.717) is 5.92 Å². The van der Waals surface area contributed by atoms with Crippen LogP contribution in [0.2, 0.25) is 0 Å². The predicted molar refractivity (Wildman–Crippen MR) is 71.6 cm³/mol. The number of piperidine rings is 1. The van der Waals surface area contributed by atoms with Crippen LogP contribution in [0.4, 0.5) is 9.52 Å². The van der Waals surface area contributed by atoms with Gasteiger partial charge in [0.1, 0.15) is 5.82 Å². The minimum atomic E-state index is -0.218. The van der Waals surface area contributed by atoms with Crippen LogP contribution in [-0.2, 0) is 0 Å². The molecule has 0 bridgehead atoms. The van der Waals surface area contributed by atoms with Crippen LogP contribution in [0, 0.1) is 11.7 Å². The summed E-state index contributed by atoms with van der Waals surface area (Å²) in [5.41, 5.74) is 0.850. The van der Waals surface area contributed by atoms with Gasteiger partial charge in [-0.1, -0.05) is 11.3 Å². The number of rotatable bonds is 2. The molecule has 1 atom stereocenters. The molecule has 0 aliphatic carbocycles. The van der Waals surface area contributed by atoms with E-state index in [4.69, 9.17) is 0 Å². The van der Waals surface area contributed by atoms with Gasteiger partial charge in [-0.3, -0.25) is 0 Å². The minimum absolute atomic E-state index is 0.218. The molecule has 0 saturated carbocycles. The van der Waals surface area contributed by atoms with Gasteiger partial charge in [0.05, 0.1) is 10.2 Å². The second-order valence-electron chi connectivity index (χ2n) is 4.75. The van der Waals surface area contributed by atoms with Gasteiger partial charge in [0.25, 0.3) is 0 Å². The SMILES string of the molecule is OCC1CCCN(c2nc3ccc(F)cc3s2)C1. The van der Waals surface area contributed by atoms with E-state index in [1.165, 1.54) is 23.5 Å². The number of hydrogen-bond donors (Lipinski definition) is 1. The molecule has 5 heteroatoms. The number of aliphatic hydroxyl groups is 1. The van der Waals surface area contributed by atoms with Crippen LogP contribution in [0.25, 0.3) is 10.2 Å². The third kappa shape index (κ3) is 2.20. The Bertz CT molecular complexity index is 557. The van der Waals surface area contributed by atoms with E-state index in [9.17, 15) is 9.50 Å². The number of thiazole rings is 1. The number of nitrogens with zero attached hydrogens (tertiary/aromatic N) is 2. The second kappa shape index (κ2) is 4.82. The maximum atomic E-state index is 13.1. The van der Waals surface area contributed by atoms with Gasteiger partial charge in [-0.2, -0.15) is 0 Å². The average Bonchev–Trinajstić information content (AvgIpc) is 2.81. The zero-order chi connectivity index (χ0) is 12.5. The lowest BCUT2D eigenvalue weighted by Crippen LogP contribution is -2.36. The first-order chi connectivity index (χ1) is 8.76. The molecule has 2 aromatic rings. The standard InChI is InChI=1S/C13H15FN2OS/c14-10-3-4-11-12(6-10)18-13(15-11)16-5-1-2-9(7-16)8-17/h3-4,6,9,17H,1-2,5,7-8H2. The Balaban J connectivity index is 1.89. The van der Waals surface area contributed by atoms with E-state index in [0.717, 1.165) is 41.3 Å². The minimum Gasteiger partial charge on any atom is -0.396 e. The van der Waals surface area contributed by atoms with Crippen LogP contribution >= 0.6 is 11.3 Å². The molecule has 0 radical (unpaired) electrons. The maximum absolute atomic E-state index is 13.1. The molecule has 1 aliphatic rings. The number of anilines is 1. The van der Waals surface area contributed by atoms with E-state index in [2.05, 4.69) is 9.88 Å². The van der Waals surface area contributed by atoms with Gasteiger partial charge in [0, 0.05) is 19.7 Å². The van der Waals surface area contributed by atoms with Gasteiger partial charge in [-0.05, 0) is 37.0 Å². The zero-order valence-corrected chi connectivity index (χ0v) is 10.8. The summed E-state index contributed by atoms with van der Waals surface area (Å²) in [6.07, 6.45) is 2.15. The van der Waals surface area contributed by atoms with E-state index in [1.54, 1.807) is 6.07 Å². The Hall–Kier alpha value is -1.20. The summed E-state index contributed by atoms with van der Waals surface area (Å²) in [4.78, 5) is 6.74. The van der Waals surface area contributed by atoms with Gasteiger partial charge in [0.15, 0.2) is 5.13 Å².